The topological polar surface area (TPSA) is 87.3 Å². The van der Waals surface area contributed by atoms with Gasteiger partial charge in [-0.1, -0.05) is 49.4 Å². The standard InChI is InChI=1S/C20H21N3O3/c1-2-14-8-10-16(11-9-14)21-17(24)12-13-20(15-6-4-3-5-7-15)18(25)22-19(26)23-20/h3-11H,2,12-13H2,1H3,(H,21,24)(H2,22,23,25,26). The van der Waals surface area contributed by atoms with Gasteiger partial charge in [0, 0.05) is 12.1 Å². The first-order valence-electron chi connectivity index (χ1n) is 8.61. The molecule has 6 heteroatoms. The smallest absolute Gasteiger partial charge is 0.322 e. The number of amides is 4. The fourth-order valence-electron chi connectivity index (χ4n) is 3.09. The molecule has 1 aliphatic heterocycles. The Balaban J connectivity index is 1.71. The van der Waals surface area contributed by atoms with E-state index in [0.29, 0.717) is 11.3 Å². The third-order valence-corrected chi connectivity index (χ3v) is 4.58. The first-order valence-corrected chi connectivity index (χ1v) is 8.61. The maximum Gasteiger partial charge on any atom is 0.322 e. The highest BCUT2D eigenvalue weighted by molar-refractivity contribution is 6.07. The van der Waals surface area contributed by atoms with Gasteiger partial charge in [-0.2, -0.15) is 0 Å². The van der Waals surface area contributed by atoms with Gasteiger partial charge in [0.1, 0.15) is 5.54 Å². The van der Waals surface area contributed by atoms with E-state index in [1.165, 1.54) is 5.56 Å². The zero-order chi connectivity index (χ0) is 18.6. The summed E-state index contributed by atoms with van der Waals surface area (Å²) in [4.78, 5) is 36.4. The highest BCUT2D eigenvalue weighted by Gasteiger charge is 2.47. The fraction of sp³-hybridized carbons (Fsp3) is 0.250. The summed E-state index contributed by atoms with van der Waals surface area (Å²) in [6, 6.07) is 16.1. The van der Waals surface area contributed by atoms with Crippen molar-refractivity contribution in [2.24, 2.45) is 0 Å². The second kappa shape index (κ2) is 7.39. The molecule has 1 atom stereocenters. The van der Waals surface area contributed by atoms with E-state index in [-0.39, 0.29) is 18.7 Å². The number of benzene rings is 2. The van der Waals surface area contributed by atoms with E-state index < -0.39 is 17.5 Å². The van der Waals surface area contributed by atoms with Crippen LogP contribution in [-0.2, 0) is 21.5 Å². The fourth-order valence-corrected chi connectivity index (χ4v) is 3.09. The molecule has 1 heterocycles. The number of hydrogen-bond acceptors (Lipinski definition) is 3. The van der Waals surface area contributed by atoms with E-state index in [2.05, 4.69) is 22.9 Å². The van der Waals surface area contributed by atoms with E-state index in [4.69, 9.17) is 0 Å². The van der Waals surface area contributed by atoms with Crippen molar-refractivity contribution >= 4 is 23.5 Å². The maximum absolute atomic E-state index is 12.4. The van der Waals surface area contributed by atoms with Gasteiger partial charge in [-0.3, -0.25) is 14.9 Å². The van der Waals surface area contributed by atoms with Gasteiger partial charge < -0.3 is 10.6 Å². The average Bonchev–Trinajstić information content (AvgIpc) is 2.96. The van der Waals surface area contributed by atoms with Gasteiger partial charge in [-0.15, -0.1) is 0 Å². The Bertz CT molecular complexity index is 818. The number of rotatable bonds is 6. The average molecular weight is 351 g/mol. The van der Waals surface area contributed by atoms with Crippen molar-refractivity contribution in [3.63, 3.8) is 0 Å². The Labute approximate surface area is 152 Å². The van der Waals surface area contributed by atoms with E-state index in [9.17, 15) is 14.4 Å². The number of carbonyl (C=O) groups excluding carboxylic acids is 3. The van der Waals surface area contributed by atoms with Crippen LogP contribution in [0.2, 0.25) is 0 Å². The van der Waals surface area contributed by atoms with Crippen LogP contribution in [0.1, 0.15) is 30.9 Å². The zero-order valence-electron chi connectivity index (χ0n) is 14.5. The molecule has 1 fully saturated rings. The van der Waals surface area contributed by atoms with Crippen molar-refractivity contribution in [1.29, 1.82) is 0 Å². The molecule has 6 nitrogen and oxygen atoms in total. The van der Waals surface area contributed by atoms with Crippen LogP contribution in [0.25, 0.3) is 0 Å². The molecule has 3 rings (SSSR count). The summed E-state index contributed by atoms with van der Waals surface area (Å²) in [5.74, 6) is -0.646. The molecule has 1 unspecified atom stereocenters. The SMILES string of the molecule is CCc1ccc(NC(=O)CCC2(c3ccccc3)NC(=O)NC2=O)cc1. The number of nitrogens with one attached hydrogen (secondary N) is 3. The molecule has 1 saturated heterocycles. The van der Waals surface area contributed by atoms with E-state index in [1.54, 1.807) is 24.3 Å². The van der Waals surface area contributed by atoms with Gasteiger partial charge in [0.15, 0.2) is 0 Å². The van der Waals surface area contributed by atoms with Crippen LogP contribution < -0.4 is 16.0 Å². The minimum Gasteiger partial charge on any atom is -0.326 e. The van der Waals surface area contributed by atoms with Crippen molar-refractivity contribution in [2.45, 2.75) is 31.7 Å². The zero-order valence-corrected chi connectivity index (χ0v) is 14.5. The van der Waals surface area contributed by atoms with Gasteiger partial charge in [0.05, 0.1) is 0 Å². The third-order valence-electron chi connectivity index (χ3n) is 4.58. The molecule has 0 aliphatic carbocycles. The molecule has 134 valence electrons. The summed E-state index contributed by atoms with van der Waals surface area (Å²) >= 11 is 0. The van der Waals surface area contributed by atoms with Crippen LogP contribution in [0.5, 0.6) is 0 Å². The Morgan fingerprint density at radius 1 is 1.04 bits per heavy atom. The first kappa shape index (κ1) is 17.7. The highest BCUT2D eigenvalue weighted by atomic mass is 16.2. The molecule has 26 heavy (non-hydrogen) atoms. The Morgan fingerprint density at radius 3 is 2.31 bits per heavy atom. The molecule has 0 saturated carbocycles. The number of aryl methyl sites for hydroxylation is 1. The highest BCUT2D eigenvalue weighted by Crippen LogP contribution is 2.30. The lowest BCUT2D eigenvalue weighted by molar-refractivity contribution is -0.125. The summed E-state index contributed by atoms with van der Waals surface area (Å²) in [5.41, 5.74) is 1.34. The molecule has 2 aromatic carbocycles. The monoisotopic (exact) mass is 351 g/mol. The molecule has 0 radical (unpaired) electrons. The normalized spacial score (nSPS) is 19.0. The Hall–Kier alpha value is -3.15. The van der Waals surface area contributed by atoms with Gasteiger partial charge >= 0.3 is 6.03 Å². The minimum atomic E-state index is -1.22. The molecule has 3 N–H and O–H groups in total. The van der Waals surface area contributed by atoms with E-state index >= 15 is 0 Å². The van der Waals surface area contributed by atoms with Gasteiger partial charge in [0.25, 0.3) is 5.91 Å². The number of hydrogen-bond donors (Lipinski definition) is 3. The molecule has 1 aliphatic rings. The van der Waals surface area contributed by atoms with Crippen LogP contribution in [0.15, 0.2) is 54.6 Å². The number of carbonyl (C=O) groups is 3. The lowest BCUT2D eigenvalue weighted by Gasteiger charge is -2.26. The van der Waals surface area contributed by atoms with Crippen molar-refractivity contribution in [2.75, 3.05) is 5.32 Å². The van der Waals surface area contributed by atoms with Gasteiger partial charge in [-0.25, -0.2) is 4.79 Å². The summed E-state index contributed by atoms with van der Waals surface area (Å²) < 4.78 is 0. The lowest BCUT2D eigenvalue weighted by atomic mass is 9.85. The summed E-state index contributed by atoms with van der Waals surface area (Å²) in [5, 5.41) is 7.79. The summed E-state index contributed by atoms with van der Waals surface area (Å²) in [6.07, 6.45) is 1.20. The minimum absolute atomic E-state index is 0.0954. The van der Waals surface area contributed by atoms with Gasteiger partial charge in [0.2, 0.25) is 5.91 Å². The lowest BCUT2D eigenvalue weighted by Crippen LogP contribution is -2.44. The van der Waals surface area contributed by atoms with Crippen LogP contribution >= 0.6 is 0 Å². The summed E-state index contributed by atoms with van der Waals surface area (Å²) in [6.45, 7) is 2.07. The first-order chi connectivity index (χ1) is 12.5. The number of anilines is 1. The van der Waals surface area contributed by atoms with Crippen molar-refractivity contribution in [3.05, 3.63) is 65.7 Å². The van der Waals surface area contributed by atoms with Crippen LogP contribution in [0, 0.1) is 0 Å². The van der Waals surface area contributed by atoms with Crippen LogP contribution in [0.4, 0.5) is 10.5 Å². The second-order valence-electron chi connectivity index (χ2n) is 6.28. The predicted octanol–water partition coefficient (Wildman–Crippen LogP) is 2.70. The van der Waals surface area contributed by atoms with Gasteiger partial charge in [-0.05, 0) is 36.1 Å². The second-order valence-corrected chi connectivity index (χ2v) is 6.28. The molecule has 4 amide bonds. The summed E-state index contributed by atoms with van der Waals surface area (Å²) in [7, 11) is 0. The molecular weight excluding hydrogens is 330 g/mol. The largest absolute Gasteiger partial charge is 0.326 e. The number of imide groups is 1. The van der Waals surface area contributed by atoms with Crippen molar-refractivity contribution in [1.82, 2.24) is 10.6 Å². The van der Waals surface area contributed by atoms with Crippen molar-refractivity contribution < 1.29 is 14.4 Å². The molecular formula is C20H21N3O3. The third kappa shape index (κ3) is 3.59. The Kier molecular flexibility index (Phi) is 5.02. The molecule has 2 aromatic rings. The molecule has 0 spiro atoms. The van der Waals surface area contributed by atoms with E-state index in [1.807, 2.05) is 30.3 Å². The molecule has 0 bridgehead atoms. The van der Waals surface area contributed by atoms with Crippen LogP contribution in [0.3, 0.4) is 0 Å². The number of urea groups is 1. The van der Waals surface area contributed by atoms with E-state index in [0.717, 1.165) is 6.42 Å². The Morgan fingerprint density at radius 2 is 1.73 bits per heavy atom. The maximum atomic E-state index is 12.4. The quantitative estimate of drug-likeness (QED) is 0.699. The van der Waals surface area contributed by atoms with Crippen LogP contribution in [-0.4, -0.2) is 17.8 Å². The predicted molar refractivity (Wildman–Crippen MR) is 98.5 cm³/mol. The molecule has 0 aromatic heterocycles. The van der Waals surface area contributed by atoms with Crippen molar-refractivity contribution in [3.8, 4) is 0 Å².